The van der Waals surface area contributed by atoms with Crippen molar-refractivity contribution in [1.29, 1.82) is 0 Å². The molecule has 0 unspecified atom stereocenters. The molecule has 3 heterocycles. The Kier molecular flexibility index (Phi) is 9.94. The highest BCUT2D eigenvalue weighted by Crippen LogP contribution is 2.38. The summed E-state index contributed by atoms with van der Waals surface area (Å²) in [5.41, 5.74) is 5.06. The molecule has 2 N–H and O–H groups in total. The maximum atomic E-state index is 13.1. The molecule has 2 amide bonds. The third-order valence-electron chi connectivity index (χ3n) is 8.69. The normalized spacial score (nSPS) is 14.7. The summed E-state index contributed by atoms with van der Waals surface area (Å²) in [7, 11) is 3.26. The molecule has 0 radical (unpaired) electrons. The van der Waals surface area contributed by atoms with E-state index in [9.17, 15) is 9.59 Å². The fourth-order valence-corrected chi connectivity index (χ4v) is 6.25. The van der Waals surface area contributed by atoms with Crippen LogP contribution >= 0.6 is 0 Å². The number of anilines is 2. The highest BCUT2D eigenvalue weighted by Gasteiger charge is 2.31. The van der Waals surface area contributed by atoms with Gasteiger partial charge < -0.3 is 29.7 Å². The largest absolute Gasteiger partial charge is 0.497 e. The van der Waals surface area contributed by atoms with E-state index in [1.165, 1.54) is 0 Å². The molecule has 0 aliphatic carbocycles. The number of nitrogens with one attached hydrogen (secondary N) is 2. The Labute approximate surface area is 292 Å². The number of fused-ring (bicyclic) bond motifs is 1. The number of methoxy groups -OCH3 is 2. The van der Waals surface area contributed by atoms with Crippen LogP contribution in [0.2, 0.25) is 0 Å². The van der Waals surface area contributed by atoms with Crippen LogP contribution < -0.4 is 20.1 Å². The maximum absolute atomic E-state index is 13.1. The third kappa shape index (κ3) is 7.51. The van der Waals surface area contributed by atoms with Gasteiger partial charge in [0, 0.05) is 54.3 Å². The van der Waals surface area contributed by atoms with E-state index in [0.29, 0.717) is 42.5 Å². The summed E-state index contributed by atoms with van der Waals surface area (Å²) in [4.78, 5) is 32.8. The number of nitrogens with zero attached hydrogens (tertiary/aromatic N) is 4. The number of likely N-dealkylation sites (tertiary alicyclic amines) is 1. The number of para-hydroxylation sites is 1. The first kappa shape index (κ1) is 34.3. The summed E-state index contributed by atoms with van der Waals surface area (Å²) >= 11 is 0. The number of benzene rings is 3. The van der Waals surface area contributed by atoms with Crippen molar-refractivity contribution < 1.29 is 23.8 Å². The Hall–Kier alpha value is -5.58. The minimum absolute atomic E-state index is 0.0842. The number of hydrogen-bond donors (Lipinski definition) is 2. The van der Waals surface area contributed by atoms with Crippen LogP contribution in [0.15, 0.2) is 79.0 Å². The molecule has 11 nitrogen and oxygen atoms in total. The standard InChI is InChI=1S/C39H44N6O5/c1-25-22-40-36(41-23-28-18-19-31(48-5)21-32(28)49-6)33-34(26-14-16-27(17-15-26)37(46)42-29-11-8-7-9-12-29)43-45(35(25)33)30-13-10-20-44(24-30)38(47)50-39(2,3)4/h7-9,11-12,14-19,21-22,30H,10,13,20,23-24H2,1-6H3,(H,40,41)(H,42,46)/t30-/m1/s1. The molecule has 1 saturated heterocycles. The van der Waals surface area contributed by atoms with Gasteiger partial charge in [-0.3, -0.25) is 9.48 Å². The number of aromatic nitrogens is 3. The molecule has 11 heteroatoms. The highest BCUT2D eigenvalue weighted by molar-refractivity contribution is 6.05. The topological polar surface area (TPSA) is 120 Å². The van der Waals surface area contributed by atoms with Gasteiger partial charge in [0.2, 0.25) is 0 Å². The molecule has 0 bridgehead atoms. The van der Waals surface area contributed by atoms with Gasteiger partial charge in [-0.2, -0.15) is 5.10 Å². The summed E-state index contributed by atoms with van der Waals surface area (Å²) in [6.45, 7) is 9.20. The fourth-order valence-electron chi connectivity index (χ4n) is 6.25. The van der Waals surface area contributed by atoms with Gasteiger partial charge in [0.15, 0.2) is 0 Å². The van der Waals surface area contributed by atoms with E-state index in [-0.39, 0.29) is 18.0 Å². The number of aryl methyl sites for hydroxylation is 1. The lowest BCUT2D eigenvalue weighted by Crippen LogP contribution is -2.43. The molecule has 0 spiro atoms. The molecule has 0 saturated carbocycles. The summed E-state index contributed by atoms with van der Waals surface area (Å²) in [6, 6.07) is 22.5. The summed E-state index contributed by atoms with van der Waals surface area (Å²) < 4.78 is 18.8. The second-order valence-electron chi connectivity index (χ2n) is 13.5. The van der Waals surface area contributed by atoms with Crippen molar-refractivity contribution in [3.05, 3.63) is 95.7 Å². The van der Waals surface area contributed by atoms with Crippen LogP contribution in [0.1, 0.15) is 61.1 Å². The molecule has 1 fully saturated rings. The number of pyridine rings is 1. The van der Waals surface area contributed by atoms with Gasteiger partial charge in [-0.15, -0.1) is 0 Å². The molecule has 3 aromatic carbocycles. The number of rotatable bonds is 9. The van der Waals surface area contributed by atoms with Gasteiger partial charge in [0.1, 0.15) is 28.6 Å². The monoisotopic (exact) mass is 676 g/mol. The number of hydrogen-bond acceptors (Lipinski definition) is 8. The molecule has 50 heavy (non-hydrogen) atoms. The lowest BCUT2D eigenvalue weighted by molar-refractivity contribution is 0.0169. The number of amides is 2. The summed E-state index contributed by atoms with van der Waals surface area (Å²) in [5, 5.41) is 12.6. The predicted octanol–water partition coefficient (Wildman–Crippen LogP) is 7.86. The van der Waals surface area contributed by atoms with Gasteiger partial charge in [-0.05, 0) is 82.5 Å². The molecule has 1 aliphatic heterocycles. The van der Waals surface area contributed by atoms with E-state index in [1.807, 2.05) is 111 Å². The summed E-state index contributed by atoms with van der Waals surface area (Å²) in [5.74, 6) is 1.87. The zero-order valence-corrected chi connectivity index (χ0v) is 29.4. The second kappa shape index (κ2) is 14.5. The minimum atomic E-state index is -0.588. The average Bonchev–Trinajstić information content (AvgIpc) is 3.53. The Bertz CT molecular complexity index is 1980. The molecule has 2 aromatic heterocycles. The zero-order chi connectivity index (χ0) is 35.4. The quantitative estimate of drug-likeness (QED) is 0.162. The van der Waals surface area contributed by atoms with Crippen LogP contribution in [0.25, 0.3) is 22.2 Å². The molecular formula is C39H44N6O5. The Morgan fingerprint density at radius 3 is 2.44 bits per heavy atom. The number of ether oxygens (including phenoxy) is 3. The zero-order valence-electron chi connectivity index (χ0n) is 29.4. The third-order valence-corrected chi connectivity index (χ3v) is 8.69. The smallest absolute Gasteiger partial charge is 0.410 e. The van der Waals surface area contributed by atoms with Gasteiger partial charge in [-0.1, -0.05) is 30.3 Å². The highest BCUT2D eigenvalue weighted by atomic mass is 16.6. The SMILES string of the molecule is COc1ccc(CNc2ncc(C)c3c2c(-c2ccc(C(=O)Nc4ccccc4)cc2)nn3[C@@H]2CCCN(C(=O)OC(C)(C)C)C2)c(OC)c1. The van der Waals surface area contributed by atoms with Crippen LogP contribution in [0.5, 0.6) is 11.5 Å². The first-order chi connectivity index (χ1) is 24.0. The first-order valence-corrected chi connectivity index (χ1v) is 16.8. The van der Waals surface area contributed by atoms with E-state index in [4.69, 9.17) is 24.3 Å². The van der Waals surface area contributed by atoms with E-state index in [0.717, 1.165) is 51.8 Å². The van der Waals surface area contributed by atoms with Crippen molar-refractivity contribution >= 4 is 34.4 Å². The molecule has 1 atom stereocenters. The van der Waals surface area contributed by atoms with Crippen molar-refractivity contribution in [3.63, 3.8) is 0 Å². The Balaban J connectivity index is 1.39. The molecule has 260 valence electrons. The van der Waals surface area contributed by atoms with Crippen molar-refractivity contribution in [3.8, 4) is 22.8 Å². The van der Waals surface area contributed by atoms with Gasteiger partial charge in [-0.25, -0.2) is 9.78 Å². The van der Waals surface area contributed by atoms with Gasteiger partial charge in [0.05, 0.1) is 31.2 Å². The molecule has 5 aromatic rings. The van der Waals surface area contributed by atoms with Crippen LogP contribution in [-0.4, -0.2) is 64.6 Å². The van der Waals surface area contributed by atoms with Crippen LogP contribution in [0.4, 0.5) is 16.3 Å². The van der Waals surface area contributed by atoms with Crippen molar-refractivity contribution in [2.24, 2.45) is 0 Å². The molecular weight excluding hydrogens is 632 g/mol. The van der Waals surface area contributed by atoms with E-state index in [1.54, 1.807) is 19.1 Å². The van der Waals surface area contributed by atoms with E-state index in [2.05, 4.69) is 10.6 Å². The second-order valence-corrected chi connectivity index (χ2v) is 13.5. The average molecular weight is 677 g/mol. The van der Waals surface area contributed by atoms with Crippen LogP contribution in [0, 0.1) is 6.92 Å². The van der Waals surface area contributed by atoms with Gasteiger partial charge >= 0.3 is 6.09 Å². The lowest BCUT2D eigenvalue weighted by Gasteiger charge is -2.34. The molecule has 6 rings (SSSR count). The van der Waals surface area contributed by atoms with Crippen LogP contribution in [0.3, 0.4) is 0 Å². The number of piperidine rings is 1. The predicted molar refractivity (Wildman–Crippen MR) is 195 cm³/mol. The van der Waals surface area contributed by atoms with Crippen LogP contribution in [-0.2, 0) is 11.3 Å². The Morgan fingerprint density at radius 1 is 0.980 bits per heavy atom. The van der Waals surface area contributed by atoms with E-state index >= 15 is 0 Å². The fraction of sp³-hybridized carbons (Fsp3) is 0.333. The van der Waals surface area contributed by atoms with Crippen molar-refractivity contribution in [2.45, 2.75) is 58.7 Å². The van der Waals surface area contributed by atoms with E-state index < -0.39 is 5.60 Å². The maximum Gasteiger partial charge on any atom is 0.410 e. The number of carbonyl (C=O) groups excluding carboxylic acids is 2. The van der Waals surface area contributed by atoms with Crippen molar-refractivity contribution in [1.82, 2.24) is 19.7 Å². The van der Waals surface area contributed by atoms with Gasteiger partial charge in [0.25, 0.3) is 5.91 Å². The lowest BCUT2D eigenvalue weighted by atomic mass is 10.0. The number of carbonyl (C=O) groups is 2. The summed E-state index contributed by atoms with van der Waals surface area (Å²) in [6.07, 6.45) is 3.20. The molecule has 1 aliphatic rings. The van der Waals surface area contributed by atoms with Crippen molar-refractivity contribution in [2.75, 3.05) is 37.9 Å². The Morgan fingerprint density at radius 2 is 1.74 bits per heavy atom. The minimum Gasteiger partial charge on any atom is -0.497 e. The first-order valence-electron chi connectivity index (χ1n) is 16.8.